The predicted octanol–water partition coefficient (Wildman–Crippen LogP) is 2.85. The van der Waals surface area contributed by atoms with Gasteiger partial charge in [0.2, 0.25) is 11.8 Å². The van der Waals surface area contributed by atoms with E-state index in [1.54, 1.807) is 4.90 Å². The highest BCUT2D eigenvalue weighted by Gasteiger charge is 2.33. The van der Waals surface area contributed by atoms with Gasteiger partial charge in [-0.1, -0.05) is 18.5 Å². The molecule has 0 atom stereocenters. The summed E-state index contributed by atoms with van der Waals surface area (Å²) in [5, 5.41) is 1.87. The minimum Gasteiger partial charge on any atom is -0.340 e. The molecule has 1 N–H and O–H groups in total. The van der Waals surface area contributed by atoms with Gasteiger partial charge in [-0.15, -0.1) is 0 Å². The molecule has 9 heteroatoms. The highest BCUT2D eigenvalue weighted by Crippen LogP contribution is 2.36. The van der Waals surface area contributed by atoms with Crippen LogP contribution in [0.15, 0.2) is 18.2 Å². The molecule has 1 fully saturated rings. The number of hydrogen-bond donors (Lipinski definition) is 1. The minimum absolute atomic E-state index is 0.0506. The van der Waals surface area contributed by atoms with Crippen molar-refractivity contribution in [1.29, 1.82) is 0 Å². The van der Waals surface area contributed by atoms with Gasteiger partial charge >= 0.3 is 6.18 Å². The van der Waals surface area contributed by atoms with Gasteiger partial charge < -0.3 is 15.1 Å². The second-order valence-electron chi connectivity index (χ2n) is 5.73. The lowest BCUT2D eigenvalue weighted by Gasteiger charge is -2.34. The van der Waals surface area contributed by atoms with E-state index in [0.717, 1.165) is 31.8 Å². The van der Waals surface area contributed by atoms with E-state index >= 15 is 0 Å². The fraction of sp³-hybridized carbons (Fsp3) is 0.500. The Bertz CT molecular complexity index is 644. The summed E-state index contributed by atoms with van der Waals surface area (Å²) in [5.74, 6) is -0.989. The molecule has 1 aromatic rings. The number of rotatable bonds is 4. The van der Waals surface area contributed by atoms with Gasteiger partial charge in [0.15, 0.2) is 0 Å². The third-order valence-corrected chi connectivity index (χ3v) is 4.37. The second kappa shape index (κ2) is 8.05. The van der Waals surface area contributed by atoms with Crippen LogP contribution >= 0.6 is 11.6 Å². The average Bonchev–Trinajstić information content (AvgIpc) is 2.55. The van der Waals surface area contributed by atoms with Crippen molar-refractivity contribution < 1.29 is 22.8 Å². The van der Waals surface area contributed by atoms with Crippen molar-refractivity contribution in [2.45, 2.75) is 19.5 Å². The highest BCUT2D eigenvalue weighted by atomic mass is 35.5. The molecule has 1 aromatic carbocycles. The zero-order chi connectivity index (χ0) is 18.6. The number of benzene rings is 1. The van der Waals surface area contributed by atoms with Crippen LogP contribution in [0.4, 0.5) is 18.9 Å². The molecule has 0 spiro atoms. The largest absolute Gasteiger partial charge is 0.417 e. The molecule has 2 rings (SSSR count). The Balaban J connectivity index is 1.93. The lowest BCUT2D eigenvalue weighted by Crippen LogP contribution is -2.49. The van der Waals surface area contributed by atoms with Crippen LogP contribution in [0.2, 0.25) is 5.02 Å². The number of amides is 2. The number of nitrogens with one attached hydrogen (secondary N) is 1. The molecule has 25 heavy (non-hydrogen) atoms. The van der Waals surface area contributed by atoms with Crippen molar-refractivity contribution in [2.24, 2.45) is 0 Å². The lowest BCUT2D eigenvalue weighted by atomic mass is 10.2. The molecular weight excluding hydrogens is 359 g/mol. The van der Waals surface area contributed by atoms with E-state index in [-0.39, 0.29) is 11.6 Å². The molecule has 0 aromatic heterocycles. The van der Waals surface area contributed by atoms with Crippen molar-refractivity contribution in [3.05, 3.63) is 28.8 Å². The Morgan fingerprint density at radius 2 is 1.84 bits per heavy atom. The number of nitrogens with zero attached hydrogens (tertiary/aromatic N) is 2. The Morgan fingerprint density at radius 3 is 2.40 bits per heavy atom. The summed E-state index contributed by atoms with van der Waals surface area (Å²) in [6.07, 6.45) is -5.03. The normalized spacial score (nSPS) is 16.0. The summed E-state index contributed by atoms with van der Waals surface area (Å²) in [6.45, 7) is 5.51. The van der Waals surface area contributed by atoms with E-state index in [2.05, 4.69) is 10.2 Å². The number of carbonyl (C=O) groups is 2. The maximum absolute atomic E-state index is 12.8. The first-order chi connectivity index (χ1) is 11.7. The summed E-state index contributed by atoms with van der Waals surface area (Å²) in [5.41, 5.74) is -1.08. The predicted molar refractivity (Wildman–Crippen MR) is 88.4 cm³/mol. The Labute approximate surface area is 148 Å². The quantitative estimate of drug-likeness (QED) is 0.821. The number of hydrogen-bond acceptors (Lipinski definition) is 3. The molecule has 1 saturated heterocycles. The monoisotopic (exact) mass is 377 g/mol. The summed E-state index contributed by atoms with van der Waals surface area (Å²) < 4.78 is 38.5. The Kier molecular flexibility index (Phi) is 6.29. The molecule has 138 valence electrons. The zero-order valence-corrected chi connectivity index (χ0v) is 14.5. The van der Waals surface area contributed by atoms with E-state index in [9.17, 15) is 22.8 Å². The number of halogens is 4. The molecule has 0 unspecified atom stereocenters. The van der Waals surface area contributed by atoms with Gasteiger partial charge in [0, 0.05) is 31.9 Å². The van der Waals surface area contributed by atoms with Crippen molar-refractivity contribution in [3.63, 3.8) is 0 Å². The van der Waals surface area contributed by atoms with Gasteiger partial charge in [0.25, 0.3) is 0 Å². The number of likely N-dealkylation sites (N-methyl/N-ethyl adjacent to an activating group) is 1. The number of carbonyl (C=O) groups excluding carboxylic acids is 2. The summed E-state index contributed by atoms with van der Waals surface area (Å²) in [6, 6.07) is 3.08. The molecule has 0 bridgehead atoms. The van der Waals surface area contributed by atoms with Gasteiger partial charge in [-0.25, -0.2) is 0 Å². The van der Waals surface area contributed by atoms with Gasteiger partial charge in [0.05, 0.1) is 10.6 Å². The summed E-state index contributed by atoms with van der Waals surface area (Å²) in [7, 11) is 0. The fourth-order valence-electron chi connectivity index (χ4n) is 2.59. The Hall–Kier alpha value is -1.80. The first kappa shape index (κ1) is 19.5. The van der Waals surface area contributed by atoms with Gasteiger partial charge in [-0.05, 0) is 24.7 Å². The summed E-state index contributed by atoms with van der Waals surface area (Å²) in [4.78, 5) is 27.9. The average molecular weight is 378 g/mol. The molecule has 1 aliphatic heterocycles. The van der Waals surface area contributed by atoms with E-state index in [1.165, 1.54) is 6.07 Å². The standard InChI is InChI=1S/C16H19ClF3N3O2/c1-2-22-5-7-23(8-6-22)15(25)10-14(24)21-11-3-4-13(17)12(9-11)16(18,19)20/h3-4,9H,2,5-8,10H2,1H3,(H,21,24). The molecule has 1 heterocycles. The molecule has 0 aliphatic carbocycles. The van der Waals surface area contributed by atoms with Crippen molar-refractivity contribution in [1.82, 2.24) is 9.80 Å². The fourth-order valence-corrected chi connectivity index (χ4v) is 2.81. The molecule has 2 amide bonds. The maximum atomic E-state index is 12.8. The van der Waals surface area contributed by atoms with Crippen molar-refractivity contribution >= 4 is 29.1 Å². The van der Waals surface area contributed by atoms with Crippen LogP contribution < -0.4 is 5.32 Å². The second-order valence-corrected chi connectivity index (χ2v) is 6.14. The third kappa shape index (κ3) is 5.34. The van der Waals surface area contributed by atoms with E-state index < -0.39 is 29.1 Å². The SMILES string of the molecule is CCN1CCN(C(=O)CC(=O)Nc2ccc(Cl)c(C(F)(F)F)c2)CC1. The van der Waals surface area contributed by atoms with E-state index in [4.69, 9.17) is 11.6 Å². The van der Waals surface area contributed by atoms with Gasteiger partial charge in [-0.2, -0.15) is 13.2 Å². The third-order valence-electron chi connectivity index (χ3n) is 4.04. The van der Waals surface area contributed by atoms with E-state index in [1.807, 2.05) is 6.92 Å². The van der Waals surface area contributed by atoms with Crippen LogP contribution in [0, 0.1) is 0 Å². The number of anilines is 1. The first-order valence-electron chi connectivity index (χ1n) is 7.87. The zero-order valence-electron chi connectivity index (χ0n) is 13.7. The minimum atomic E-state index is -4.62. The molecular formula is C16H19ClF3N3O2. The van der Waals surface area contributed by atoms with Gasteiger partial charge in [0.1, 0.15) is 6.42 Å². The van der Waals surface area contributed by atoms with Crippen LogP contribution in [0.3, 0.4) is 0 Å². The highest BCUT2D eigenvalue weighted by molar-refractivity contribution is 6.31. The smallest absolute Gasteiger partial charge is 0.340 e. The van der Waals surface area contributed by atoms with Crippen molar-refractivity contribution in [2.75, 3.05) is 38.0 Å². The molecule has 5 nitrogen and oxygen atoms in total. The Morgan fingerprint density at radius 1 is 1.20 bits per heavy atom. The summed E-state index contributed by atoms with van der Waals surface area (Å²) >= 11 is 5.53. The van der Waals surface area contributed by atoms with Crippen LogP contribution in [-0.2, 0) is 15.8 Å². The topological polar surface area (TPSA) is 52.7 Å². The van der Waals surface area contributed by atoms with Crippen molar-refractivity contribution in [3.8, 4) is 0 Å². The van der Waals surface area contributed by atoms with Crippen LogP contribution in [-0.4, -0.2) is 54.3 Å². The molecule has 1 aliphatic rings. The molecule has 0 radical (unpaired) electrons. The molecule has 0 saturated carbocycles. The lowest BCUT2D eigenvalue weighted by molar-refractivity contribution is -0.138. The van der Waals surface area contributed by atoms with E-state index in [0.29, 0.717) is 13.1 Å². The van der Waals surface area contributed by atoms with Crippen LogP contribution in [0.25, 0.3) is 0 Å². The first-order valence-corrected chi connectivity index (χ1v) is 8.25. The number of piperazine rings is 1. The van der Waals surface area contributed by atoms with Gasteiger partial charge in [-0.3, -0.25) is 9.59 Å². The van der Waals surface area contributed by atoms with Crippen LogP contribution in [0.5, 0.6) is 0 Å². The maximum Gasteiger partial charge on any atom is 0.417 e. The van der Waals surface area contributed by atoms with Crippen LogP contribution in [0.1, 0.15) is 18.9 Å². The number of alkyl halides is 3.